The molecule has 3 heteroatoms. The van der Waals surface area contributed by atoms with Crippen LogP contribution in [-0.4, -0.2) is 20.8 Å². The Morgan fingerprint density at radius 1 is 0.900 bits per heavy atom. The van der Waals surface area contributed by atoms with Gasteiger partial charge in [0.2, 0.25) is 0 Å². The maximum atomic E-state index is 5.49. The molecule has 2 rings (SSSR count). The fourth-order valence-corrected chi connectivity index (χ4v) is 2.21. The highest BCUT2D eigenvalue weighted by Crippen LogP contribution is 2.39. The fraction of sp³-hybridized carbons (Fsp3) is 0.294. The Hall–Kier alpha value is -2.16. The molecule has 0 aromatic heterocycles. The molecule has 2 aromatic rings. The zero-order chi connectivity index (χ0) is 14.5. The second kappa shape index (κ2) is 6.33. The monoisotopic (exact) mass is 272 g/mol. The molecule has 0 spiro atoms. The Labute approximate surface area is 120 Å². The van der Waals surface area contributed by atoms with Crippen LogP contribution in [0.2, 0.25) is 0 Å². The summed E-state index contributed by atoms with van der Waals surface area (Å²) < 4.78 is 16.4. The second-order valence-electron chi connectivity index (χ2n) is 4.50. The number of methoxy groups -OCH3 is 2. The molecule has 3 nitrogen and oxygen atoms in total. The molecule has 0 saturated heterocycles. The Morgan fingerprint density at radius 3 is 1.90 bits per heavy atom. The lowest BCUT2D eigenvalue weighted by Gasteiger charge is -2.15. The number of aryl methyl sites for hydroxylation is 1. The van der Waals surface area contributed by atoms with E-state index in [1.807, 2.05) is 50.2 Å². The molecule has 0 amide bonds. The van der Waals surface area contributed by atoms with E-state index in [0.29, 0.717) is 6.61 Å². The van der Waals surface area contributed by atoms with E-state index in [4.69, 9.17) is 14.2 Å². The van der Waals surface area contributed by atoms with Gasteiger partial charge in [-0.05, 0) is 49.2 Å². The quantitative estimate of drug-likeness (QED) is 0.821. The Morgan fingerprint density at radius 2 is 1.45 bits per heavy atom. The first kappa shape index (κ1) is 14.3. The highest BCUT2D eigenvalue weighted by molar-refractivity contribution is 5.77. The van der Waals surface area contributed by atoms with Gasteiger partial charge in [-0.2, -0.15) is 0 Å². The highest BCUT2D eigenvalue weighted by atomic mass is 16.5. The van der Waals surface area contributed by atoms with Crippen molar-refractivity contribution in [2.75, 3.05) is 20.8 Å². The van der Waals surface area contributed by atoms with Crippen molar-refractivity contribution < 1.29 is 14.2 Å². The normalized spacial score (nSPS) is 10.2. The van der Waals surface area contributed by atoms with Crippen molar-refractivity contribution in [2.24, 2.45) is 0 Å². The van der Waals surface area contributed by atoms with Crippen molar-refractivity contribution >= 4 is 0 Å². The van der Waals surface area contributed by atoms with E-state index in [1.165, 1.54) is 0 Å². The second-order valence-corrected chi connectivity index (χ2v) is 4.50. The Kier molecular flexibility index (Phi) is 4.51. The van der Waals surface area contributed by atoms with Crippen LogP contribution < -0.4 is 14.2 Å². The van der Waals surface area contributed by atoms with Gasteiger partial charge in [0.25, 0.3) is 0 Å². The van der Waals surface area contributed by atoms with E-state index >= 15 is 0 Å². The molecule has 106 valence electrons. The first-order valence-electron chi connectivity index (χ1n) is 6.65. The SMILES string of the molecule is CCOc1ccc(-c2c(OC)cc(C)cc2OC)cc1. The molecular weight excluding hydrogens is 252 g/mol. The predicted octanol–water partition coefficient (Wildman–Crippen LogP) is 4.08. The highest BCUT2D eigenvalue weighted by Gasteiger charge is 2.13. The van der Waals surface area contributed by atoms with E-state index in [0.717, 1.165) is 33.9 Å². The summed E-state index contributed by atoms with van der Waals surface area (Å²) in [7, 11) is 3.35. The van der Waals surface area contributed by atoms with Crippen LogP contribution in [0.25, 0.3) is 11.1 Å². The predicted molar refractivity (Wildman–Crippen MR) is 80.9 cm³/mol. The van der Waals surface area contributed by atoms with E-state index in [2.05, 4.69) is 0 Å². The van der Waals surface area contributed by atoms with E-state index < -0.39 is 0 Å². The Bertz CT molecular complexity index is 548. The molecular formula is C17H20O3. The van der Waals surface area contributed by atoms with Crippen LogP contribution in [0, 0.1) is 6.92 Å². The molecule has 0 aliphatic rings. The summed E-state index contributed by atoms with van der Waals surface area (Å²) in [6, 6.07) is 12.0. The molecule has 20 heavy (non-hydrogen) atoms. The van der Waals surface area contributed by atoms with Gasteiger partial charge < -0.3 is 14.2 Å². The van der Waals surface area contributed by atoms with Crippen molar-refractivity contribution in [2.45, 2.75) is 13.8 Å². The van der Waals surface area contributed by atoms with E-state index in [9.17, 15) is 0 Å². The summed E-state index contributed by atoms with van der Waals surface area (Å²) in [5, 5.41) is 0. The van der Waals surface area contributed by atoms with Gasteiger partial charge in [-0.15, -0.1) is 0 Å². The molecule has 0 radical (unpaired) electrons. The van der Waals surface area contributed by atoms with Gasteiger partial charge in [-0.3, -0.25) is 0 Å². The number of hydrogen-bond donors (Lipinski definition) is 0. The lowest BCUT2D eigenvalue weighted by Crippen LogP contribution is -1.95. The Balaban J connectivity index is 2.50. The largest absolute Gasteiger partial charge is 0.496 e. The first-order chi connectivity index (χ1) is 9.69. The van der Waals surface area contributed by atoms with Crippen molar-refractivity contribution in [1.29, 1.82) is 0 Å². The molecule has 0 saturated carbocycles. The van der Waals surface area contributed by atoms with Crippen molar-refractivity contribution in [1.82, 2.24) is 0 Å². The number of rotatable bonds is 5. The zero-order valence-electron chi connectivity index (χ0n) is 12.4. The lowest BCUT2D eigenvalue weighted by molar-refractivity contribution is 0.340. The van der Waals surface area contributed by atoms with Crippen molar-refractivity contribution in [3.8, 4) is 28.4 Å². The molecule has 0 aliphatic carbocycles. The third-order valence-electron chi connectivity index (χ3n) is 3.10. The number of benzene rings is 2. The minimum Gasteiger partial charge on any atom is -0.496 e. The molecule has 0 unspecified atom stereocenters. The average Bonchev–Trinajstić information content (AvgIpc) is 2.47. The molecule has 0 heterocycles. The summed E-state index contributed by atoms with van der Waals surface area (Å²) in [6.07, 6.45) is 0. The van der Waals surface area contributed by atoms with Gasteiger partial charge in [0.1, 0.15) is 17.2 Å². The minimum atomic E-state index is 0.663. The molecule has 0 atom stereocenters. The molecule has 0 N–H and O–H groups in total. The van der Waals surface area contributed by atoms with Gasteiger partial charge >= 0.3 is 0 Å². The maximum absolute atomic E-state index is 5.49. The summed E-state index contributed by atoms with van der Waals surface area (Å²) in [6.45, 7) is 4.66. The molecule has 0 aliphatic heterocycles. The third-order valence-corrected chi connectivity index (χ3v) is 3.10. The third kappa shape index (κ3) is 2.87. The van der Waals surface area contributed by atoms with Crippen LogP contribution in [-0.2, 0) is 0 Å². The summed E-state index contributed by atoms with van der Waals surface area (Å²) in [5.41, 5.74) is 3.11. The summed E-state index contributed by atoms with van der Waals surface area (Å²) in [5.74, 6) is 2.48. The van der Waals surface area contributed by atoms with Crippen LogP contribution in [0.15, 0.2) is 36.4 Å². The van der Waals surface area contributed by atoms with Gasteiger partial charge in [-0.1, -0.05) is 12.1 Å². The molecule has 2 aromatic carbocycles. The zero-order valence-corrected chi connectivity index (χ0v) is 12.4. The van der Waals surface area contributed by atoms with Crippen LogP contribution in [0.1, 0.15) is 12.5 Å². The lowest BCUT2D eigenvalue weighted by atomic mass is 10.0. The maximum Gasteiger partial charge on any atom is 0.130 e. The number of hydrogen-bond acceptors (Lipinski definition) is 3. The van der Waals surface area contributed by atoms with Gasteiger partial charge in [-0.25, -0.2) is 0 Å². The van der Waals surface area contributed by atoms with Crippen molar-refractivity contribution in [3.05, 3.63) is 42.0 Å². The van der Waals surface area contributed by atoms with Gasteiger partial charge in [0.15, 0.2) is 0 Å². The number of ether oxygens (including phenoxy) is 3. The van der Waals surface area contributed by atoms with Crippen LogP contribution in [0.3, 0.4) is 0 Å². The van der Waals surface area contributed by atoms with Gasteiger partial charge in [0, 0.05) is 0 Å². The van der Waals surface area contributed by atoms with Crippen LogP contribution in [0.4, 0.5) is 0 Å². The standard InChI is InChI=1S/C17H20O3/c1-5-20-14-8-6-13(7-9-14)17-15(18-3)10-12(2)11-16(17)19-4/h6-11H,5H2,1-4H3. The van der Waals surface area contributed by atoms with E-state index in [-0.39, 0.29) is 0 Å². The summed E-state index contributed by atoms with van der Waals surface area (Å²) in [4.78, 5) is 0. The van der Waals surface area contributed by atoms with Crippen molar-refractivity contribution in [3.63, 3.8) is 0 Å². The minimum absolute atomic E-state index is 0.663. The smallest absolute Gasteiger partial charge is 0.130 e. The fourth-order valence-electron chi connectivity index (χ4n) is 2.21. The molecule has 0 fully saturated rings. The van der Waals surface area contributed by atoms with Gasteiger partial charge in [0.05, 0.1) is 26.4 Å². The average molecular weight is 272 g/mol. The van der Waals surface area contributed by atoms with E-state index in [1.54, 1.807) is 14.2 Å². The van der Waals surface area contributed by atoms with Crippen LogP contribution in [0.5, 0.6) is 17.2 Å². The van der Waals surface area contributed by atoms with Crippen LogP contribution >= 0.6 is 0 Å². The molecule has 0 bridgehead atoms. The first-order valence-corrected chi connectivity index (χ1v) is 6.65. The summed E-state index contributed by atoms with van der Waals surface area (Å²) >= 11 is 0. The topological polar surface area (TPSA) is 27.7 Å².